The van der Waals surface area contributed by atoms with Gasteiger partial charge in [0.25, 0.3) is 0 Å². The Bertz CT molecular complexity index is 825. The van der Waals surface area contributed by atoms with E-state index in [1.807, 2.05) is 0 Å². The van der Waals surface area contributed by atoms with E-state index in [1.165, 1.54) is 32.1 Å². The van der Waals surface area contributed by atoms with Crippen molar-refractivity contribution >= 4 is 0 Å². The van der Waals surface area contributed by atoms with Crippen molar-refractivity contribution in [1.82, 2.24) is 0 Å². The molecule has 2 heteroatoms. The zero-order chi connectivity index (χ0) is 23.5. The highest BCUT2D eigenvalue weighted by Crippen LogP contribution is 2.75. The summed E-state index contributed by atoms with van der Waals surface area (Å²) in [5, 5.41) is 22.6. The van der Waals surface area contributed by atoms with Gasteiger partial charge in [-0.25, -0.2) is 0 Å². The summed E-state index contributed by atoms with van der Waals surface area (Å²) in [5.41, 5.74) is 2.71. The second-order valence-electron chi connectivity index (χ2n) is 15.3. The van der Waals surface area contributed by atoms with Crippen LogP contribution in [-0.4, -0.2) is 22.4 Å². The molecule has 2 nitrogen and oxygen atoms in total. The van der Waals surface area contributed by atoms with Gasteiger partial charge in [0, 0.05) is 5.41 Å². The quantitative estimate of drug-likeness (QED) is 0.391. The third-order valence-electron chi connectivity index (χ3n) is 13.1. The predicted molar refractivity (Wildman–Crippen MR) is 132 cm³/mol. The number of hydrogen-bond donors (Lipinski definition) is 2. The van der Waals surface area contributed by atoms with Crippen molar-refractivity contribution in [2.75, 3.05) is 0 Å². The van der Waals surface area contributed by atoms with Gasteiger partial charge in [-0.1, -0.05) is 67.0 Å². The molecular formula is C30H50O2. The lowest BCUT2D eigenvalue weighted by molar-refractivity contribution is -0.213. The molecule has 0 aromatic heterocycles. The number of rotatable bonds is 0. The smallest absolute Gasteiger partial charge is 0.0608 e. The molecule has 2 N–H and O–H groups in total. The molecule has 9 atom stereocenters. The van der Waals surface area contributed by atoms with Gasteiger partial charge in [0.1, 0.15) is 0 Å². The highest BCUT2D eigenvalue weighted by Gasteiger charge is 2.69. The van der Waals surface area contributed by atoms with E-state index in [-0.39, 0.29) is 39.3 Å². The SMILES string of the molecule is CC1(C)CC[C@]2(C)[C@@H](O)C[C@@]3(C)C(=CC[C@H]4[C@]5(C)CC[C@@H](O)C(C)(C)[C@H]5CC[C@]43C)[C@@H]2C1. The van der Waals surface area contributed by atoms with E-state index >= 15 is 0 Å². The molecule has 5 aliphatic carbocycles. The molecule has 0 spiro atoms. The number of fused-ring (bicyclic) bond motifs is 7. The molecule has 4 fully saturated rings. The lowest BCUT2D eigenvalue weighted by atomic mass is 9.33. The minimum Gasteiger partial charge on any atom is -0.393 e. The van der Waals surface area contributed by atoms with Gasteiger partial charge in [0.05, 0.1) is 12.2 Å². The average Bonchev–Trinajstić information content (AvgIpc) is 2.68. The molecule has 0 radical (unpaired) electrons. The Morgan fingerprint density at radius 3 is 2.09 bits per heavy atom. The van der Waals surface area contributed by atoms with E-state index in [2.05, 4.69) is 61.5 Å². The molecule has 0 aliphatic heterocycles. The van der Waals surface area contributed by atoms with E-state index in [4.69, 9.17) is 0 Å². The van der Waals surface area contributed by atoms with Crippen LogP contribution in [0.1, 0.15) is 113 Å². The van der Waals surface area contributed by atoms with Crippen LogP contribution in [0, 0.1) is 50.2 Å². The van der Waals surface area contributed by atoms with E-state index < -0.39 is 0 Å². The molecule has 0 aromatic carbocycles. The van der Waals surface area contributed by atoms with Crippen molar-refractivity contribution in [3.8, 4) is 0 Å². The number of aliphatic hydroxyl groups is 2. The number of aliphatic hydroxyl groups excluding tert-OH is 2. The van der Waals surface area contributed by atoms with Crippen LogP contribution >= 0.6 is 0 Å². The lowest BCUT2D eigenvalue weighted by Gasteiger charge is -2.72. The highest BCUT2D eigenvalue weighted by molar-refractivity contribution is 5.34. The minimum atomic E-state index is -0.198. The number of allylic oxidation sites excluding steroid dienone is 2. The van der Waals surface area contributed by atoms with Crippen molar-refractivity contribution in [2.24, 2.45) is 50.2 Å². The summed E-state index contributed by atoms with van der Waals surface area (Å²) in [5.74, 6) is 1.75. The molecule has 0 saturated heterocycles. The Balaban J connectivity index is 1.60. The molecule has 0 bridgehead atoms. The summed E-state index contributed by atoms with van der Waals surface area (Å²) in [6.07, 6.45) is 12.6. The largest absolute Gasteiger partial charge is 0.393 e. The standard InChI is InChI=1S/C30H50O2/c1-25(2)15-16-27(5)20(17-25)19-9-10-22-28(6)13-12-23(31)26(3,4)21(28)11-14-29(22,7)30(19,8)18-24(27)32/h9,20-24,31-32H,10-18H2,1-8H3/t20-,21+,22-,23+,24-,27-,28+,29+,30-/m0/s1. The molecule has 5 aliphatic rings. The fourth-order valence-electron chi connectivity index (χ4n) is 10.6. The van der Waals surface area contributed by atoms with Gasteiger partial charge >= 0.3 is 0 Å². The highest BCUT2D eigenvalue weighted by atomic mass is 16.3. The maximum absolute atomic E-state index is 11.7. The van der Waals surface area contributed by atoms with Crippen LogP contribution < -0.4 is 0 Å². The Hall–Kier alpha value is -0.340. The normalized spacial score (nSPS) is 56.2. The van der Waals surface area contributed by atoms with E-state index in [1.54, 1.807) is 5.57 Å². The van der Waals surface area contributed by atoms with Crippen molar-refractivity contribution in [1.29, 1.82) is 0 Å². The van der Waals surface area contributed by atoms with Crippen molar-refractivity contribution < 1.29 is 10.2 Å². The Morgan fingerprint density at radius 2 is 1.41 bits per heavy atom. The second-order valence-corrected chi connectivity index (χ2v) is 15.3. The zero-order valence-corrected chi connectivity index (χ0v) is 22.2. The fraction of sp³-hybridized carbons (Fsp3) is 0.933. The molecule has 32 heavy (non-hydrogen) atoms. The Morgan fingerprint density at radius 1 is 0.719 bits per heavy atom. The van der Waals surface area contributed by atoms with Gasteiger partial charge in [-0.2, -0.15) is 0 Å². The van der Waals surface area contributed by atoms with E-state index in [0.717, 1.165) is 25.7 Å². The molecule has 0 unspecified atom stereocenters. The van der Waals surface area contributed by atoms with Crippen LogP contribution in [0.4, 0.5) is 0 Å². The zero-order valence-electron chi connectivity index (χ0n) is 22.2. The van der Waals surface area contributed by atoms with Gasteiger partial charge in [-0.15, -0.1) is 0 Å². The van der Waals surface area contributed by atoms with Crippen LogP contribution in [0.3, 0.4) is 0 Å². The maximum Gasteiger partial charge on any atom is 0.0608 e. The van der Waals surface area contributed by atoms with Crippen molar-refractivity contribution in [3.63, 3.8) is 0 Å². The third kappa shape index (κ3) is 2.72. The predicted octanol–water partition coefficient (Wildman–Crippen LogP) is 7.14. The van der Waals surface area contributed by atoms with Gasteiger partial charge < -0.3 is 10.2 Å². The van der Waals surface area contributed by atoms with Gasteiger partial charge in [0.15, 0.2) is 0 Å². The average molecular weight is 443 g/mol. The van der Waals surface area contributed by atoms with Crippen LogP contribution in [-0.2, 0) is 0 Å². The van der Waals surface area contributed by atoms with Gasteiger partial charge in [0.2, 0.25) is 0 Å². The minimum absolute atomic E-state index is 0.00271. The van der Waals surface area contributed by atoms with Crippen LogP contribution in [0.15, 0.2) is 11.6 Å². The maximum atomic E-state index is 11.7. The molecule has 0 heterocycles. The summed E-state index contributed by atoms with van der Waals surface area (Å²) in [6.45, 7) is 19.7. The van der Waals surface area contributed by atoms with Gasteiger partial charge in [-0.3, -0.25) is 0 Å². The summed E-state index contributed by atoms with van der Waals surface area (Å²) in [7, 11) is 0. The first-order chi connectivity index (χ1) is 14.6. The number of hydrogen-bond acceptors (Lipinski definition) is 2. The first-order valence-electron chi connectivity index (χ1n) is 13.7. The molecule has 0 aromatic rings. The topological polar surface area (TPSA) is 40.5 Å². The fourth-order valence-corrected chi connectivity index (χ4v) is 10.6. The van der Waals surface area contributed by atoms with Crippen LogP contribution in [0.5, 0.6) is 0 Å². The molecule has 182 valence electrons. The molecular weight excluding hydrogens is 392 g/mol. The lowest BCUT2D eigenvalue weighted by Crippen LogP contribution is -2.66. The summed E-state index contributed by atoms with van der Waals surface area (Å²) >= 11 is 0. The molecule has 0 amide bonds. The second kappa shape index (κ2) is 6.66. The van der Waals surface area contributed by atoms with Crippen LogP contribution in [0.25, 0.3) is 0 Å². The van der Waals surface area contributed by atoms with Crippen LogP contribution in [0.2, 0.25) is 0 Å². The Kier molecular flexibility index (Phi) is 4.87. The van der Waals surface area contributed by atoms with E-state index in [9.17, 15) is 10.2 Å². The van der Waals surface area contributed by atoms with Crippen molar-refractivity contribution in [2.45, 2.75) is 125 Å². The van der Waals surface area contributed by atoms with E-state index in [0.29, 0.717) is 23.2 Å². The molecule has 5 rings (SSSR count). The first kappa shape index (κ1) is 23.4. The third-order valence-corrected chi connectivity index (χ3v) is 13.1. The summed E-state index contributed by atoms with van der Waals surface area (Å²) < 4.78 is 0. The monoisotopic (exact) mass is 442 g/mol. The molecule has 4 saturated carbocycles. The summed E-state index contributed by atoms with van der Waals surface area (Å²) in [4.78, 5) is 0. The van der Waals surface area contributed by atoms with Crippen molar-refractivity contribution in [3.05, 3.63) is 11.6 Å². The summed E-state index contributed by atoms with van der Waals surface area (Å²) in [6, 6.07) is 0. The van der Waals surface area contributed by atoms with Gasteiger partial charge in [-0.05, 0) is 103 Å². The first-order valence-corrected chi connectivity index (χ1v) is 13.7. The Labute approximate surface area is 197 Å².